The maximum atomic E-state index is 12.8. The lowest BCUT2D eigenvalue weighted by Crippen LogP contribution is -2.21. The van der Waals surface area contributed by atoms with Crippen molar-refractivity contribution in [1.29, 1.82) is 0 Å². The highest BCUT2D eigenvalue weighted by Crippen LogP contribution is 2.38. The molecule has 1 aromatic heterocycles. The van der Waals surface area contributed by atoms with E-state index in [4.69, 9.17) is 0 Å². The summed E-state index contributed by atoms with van der Waals surface area (Å²) >= 11 is 0. The van der Waals surface area contributed by atoms with E-state index in [0.29, 0.717) is 23.9 Å². The van der Waals surface area contributed by atoms with E-state index >= 15 is 0 Å². The minimum absolute atomic E-state index is 0.0499. The molecule has 3 rings (SSSR count). The zero-order valence-corrected chi connectivity index (χ0v) is 14.2. The molecule has 1 saturated carbocycles. The van der Waals surface area contributed by atoms with Crippen molar-refractivity contribution in [1.82, 2.24) is 4.98 Å². The van der Waals surface area contributed by atoms with E-state index in [1.54, 1.807) is 6.07 Å². The van der Waals surface area contributed by atoms with Gasteiger partial charge in [0.15, 0.2) is 0 Å². The number of alkyl halides is 3. The lowest BCUT2D eigenvalue weighted by molar-refractivity contribution is -0.137. The fraction of sp³-hybridized carbons (Fsp3) is 0.278. The van der Waals surface area contributed by atoms with E-state index in [1.165, 1.54) is 18.2 Å². The van der Waals surface area contributed by atoms with Crippen LogP contribution >= 0.6 is 0 Å². The second-order valence-electron chi connectivity index (χ2n) is 6.47. The Morgan fingerprint density at radius 3 is 2.52 bits per heavy atom. The van der Waals surface area contributed by atoms with Gasteiger partial charge in [-0.3, -0.25) is 14.4 Å². The van der Waals surface area contributed by atoms with Crippen LogP contribution in [0.15, 0.2) is 41.3 Å². The van der Waals surface area contributed by atoms with E-state index < -0.39 is 28.9 Å². The number of nitrogens with one attached hydrogen (secondary N) is 3. The lowest BCUT2D eigenvalue weighted by Gasteiger charge is -2.10. The first-order valence-corrected chi connectivity index (χ1v) is 8.17. The standard InChI is InChI=1S/C18H16F3N3O3/c1-9-5-13(9)16(26)23-12-4-2-3-10(6-12)15(25)24-14-7-11(18(19,20)21)8-22-17(14)27/h2-4,6-9,13H,5H2,1H3,(H,22,27)(H,23,26)(H,24,25). The first-order valence-electron chi connectivity index (χ1n) is 8.17. The summed E-state index contributed by atoms with van der Waals surface area (Å²) in [6, 6.07) is 6.50. The fourth-order valence-electron chi connectivity index (χ4n) is 2.60. The van der Waals surface area contributed by atoms with Crippen LogP contribution in [0.1, 0.15) is 29.3 Å². The Bertz CT molecular complexity index is 953. The van der Waals surface area contributed by atoms with Gasteiger partial charge in [-0.05, 0) is 36.6 Å². The predicted molar refractivity (Wildman–Crippen MR) is 92.4 cm³/mol. The second-order valence-corrected chi connectivity index (χ2v) is 6.47. The first kappa shape index (κ1) is 18.7. The van der Waals surface area contributed by atoms with Crippen LogP contribution < -0.4 is 16.2 Å². The number of hydrogen-bond acceptors (Lipinski definition) is 3. The van der Waals surface area contributed by atoms with Gasteiger partial charge in [-0.25, -0.2) is 0 Å². The molecule has 0 aliphatic heterocycles. The molecular weight excluding hydrogens is 363 g/mol. The van der Waals surface area contributed by atoms with Gasteiger partial charge in [0.2, 0.25) is 5.91 Å². The topological polar surface area (TPSA) is 91.1 Å². The number of carbonyl (C=O) groups excluding carboxylic acids is 2. The maximum absolute atomic E-state index is 12.8. The Morgan fingerprint density at radius 1 is 1.19 bits per heavy atom. The Kier molecular flexibility index (Phi) is 4.77. The summed E-state index contributed by atoms with van der Waals surface area (Å²) in [4.78, 5) is 37.9. The summed E-state index contributed by atoms with van der Waals surface area (Å²) in [5, 5.41) is 4.86. The number of rotatable bonds is 4. The molecule has 2 atom stereocenters. The molecule has 142 valence electrons. The molecule has 1 aromatic carbocycles. The number of amides is 2. The molecule has 1 heterocycles. The van der Waals surface area contributed by atoms with Gasteiger partial charge < -0.3 is 15.6 Å². The summed E-state index contributed by atoms with van der Waals surface area (Å²) in [5.41, 5.74) is -1.98. The largest absolute Gasteiger partial charge is 0.417 e. The molecule has 2 amide bonds. The van der Waals surface area contributed by atoms with Crippen LogP contribution in [-0.2, 0) is 11.0 Å². The van der Waals surface area contributed by atoms with E-state index in [9.17, 15) is 27.6 Å². The summed E-state index contributed by atoms with van der Waals surface area (Å²) in [6.45, 7) is 1.96. The van der Waals surface area contributed by atoms with Crippen molar-refractivity contribution in [3.63, 3.8) is 0 Å². The minimum Gasteiger partial charge on any atom is -0.327 e. The number of benzene rings is 1. The van der Waals surface area contributed by atoms with Crippen molar-refractivity contribution in [2.24, 2.45) is 11.8 Å². The zero-order valence-electron chi connectivity index (χ0n) is 14.2. The molecule has 1 aliphatic rings. The fourth-order valence-corrected chi connectivity index (χ4v) is 2.60. The minimum atomic E-state index is -4.66. The van der Waals surface area contributed by atoms with Gasteiger partial charge in [0, 0.05) is 23.4 Å². The number of hydrogen-bond donors (Lipinski definition) is 3. The summed E-state index contributed by atoms with van der Waals surface area (Å²) in [6.07, 6.45) is -3.31. The number of carbonyl (C=O) groups is 2. The predicted octanol–water partition coefficient (Wildman–Crippen LogP) is 3.24. The number of halogens is 3. The summed E-state index contributed by atoms with van der Waals surface area (Å²) in [7, 11) is 0. The van der Waals surface area contributed by atoms with Crippen molar-refractivity contribution in [2.75, 3.05) is 10.6 Å². The Morgan fingerprint density at radius 2 is 1.89 bits per heavy atom. The SMILES string of the molecule is CC1CC1C(=O)Nc1cccc(C(=O)Nc2cc(C(F)(F)F)c[nH]c2=O)c1. The van der Waals surface area contributed by atoms with Crippen LogP contribution in [0.5, 0.6) is 0 Å². The molecule has 0 saturated heterocycles. The molecule has 9 heteroatoms. The number of aromatic amines is 1. The number of aromatic nitrogens is 1. The van der Waals surface area contributed by atoms with Crippen molar-refractivity contribution in [2.45, 2.75) is 19.5 Å². The molecule has 0 spiro atoms. The third-order valence-corrected chi connectivity index (χ3v) is 4.32. The Hall–Kier alpha value is -3.10. The highest BCUT2D eigenvalue weighted by molar-refractivity contribution is 6.05. The van der Waals surface area contributed by atoms with Crippen LogP contribution in [0.2, 0.25) is 0 Å². The summed E-state index contributed by atoms with van der Waals surface area (Å²) < 4.78 is 38.3. The Balaban J connectivity index is 1.76. The van der Waals surface area contributed by atoms with Gasteiger partial charge in [-0.15, -0.1) is 0 Å². The molecule has 0 radical (unpaired) electrons. The average Bonchev–Trinajstić information content (AvgIpc) is 3.33. The van der Waals surface area contributed by atoms with Gasteiger partial charge in [-0.2, -0.15) is 13.2 Å². The van der Waals surface area contributed by atoms with Crippen LogP contribution in [0.25, 0.3) is 0 Å². The van der Waals surface area contributed by atoms with Gasteiger partial charge in [-0.1, -0.05) is 13.0 Å². The maximum Gasteiger partial charge on any atom is 0.417 e. The van der Waals surface area contributed by atoms with Gasteiger partial charge in [0.05, 0.1) is 5.56 Å². The highest BCUT2D eigenvalue weighted by atomic mass is 19.4. The molecule has 6 nitrogen and oxygen atoms in total. The third kappa shape index (κ3) is 4.36. The normalized spacial score (nSPS) is 18.7. The first-order chi connectivity index (χ1) is 12.6. The van der Waals surface area contributed by atoms with Gasteiger partial charge >= 0.3 is 6.18 Å². The molecule has 1 aliphatic carbocycles. The number of anilines is 2. The van der Waals surface area contributed by atoms with Gasteiger partial charge in [0.25, 0.3) is 11.5 Å². The van der Waals surface area contributed by atoms with Crippen LogP contribution in [-0.4, -0.2) is 16.8 Å². The van der Waals surface area contributed by atoms with Crippen LogP contribution in [0.4, 0.5) is 24.5 Å². The van der Waals surface area contributed by atoms with E-state index in [1.807, 2.05) is 11.9 Å². The molecule has 0 bridgehead atoms. The quantitative estimate of drug-likeness (QED) is 0.762. The average molecular weight is 379 g/mol. The van der Waals surface area contributed by atoms with Crippen molar-refractivity contribution in [3.8, 4) is 0 Å². The molecule has 2 aromatic rings. The van der Waals surface area contributed by atoms with Gasteiger partial charge in [0.1, 0.15) is 5.69 Å². The zero-order chi connectivity index (χ0) is 19.8. The molecule has 27 heavy (non-hydrogen) atoms. The lowest BCUT2D eigenvalue weighted by atomic mass is 10.1. The van der Waals surface area contributed by atoms with E-state index in [2.05, 4.69) is 10.6 Å². The highest BCUT2D eigenvalue weighted by Gasteiger charge is 2.39. The van der Waals surface area contributed by atoms with Crippen molar-refractivity contribution in [3.05, 3.63) is 58.0 Å². The molecule has 3 N–H and O–H groups in total. The monoisotopic (exact) mass is 379 g/mol. The number of pyridine rings is 1. The molecule has 2 unspecified atom stereocenters. The van der Waals surface area contributed by atoms with Crippen LogP contribution in [0, 0.1) is 11.8 Å². The molecule has 1 fully saturated rings. The summed E-state index contributed by atoms with van der Waals surface area (Å²) in [5.74, 6) is -0.639. The molecular formula is C18H16F3N3O3. The van der Waals surface area contributed by atoms with E-state index in [0.717, 1.165) is 6.42 Å². The Labute approximate surface area is 151 Å². The van der Waals surface area contributed by atoms with Crippen molar-refractivity contribution >= 4 is 23.2 Å². The smallest absolute Gasteiger partial charge is 0.327 e. The number of H-pyrrole nitrogens is 1. The van der Waals surface area contributed by atoms with Crippen molar-refractivity contribution < 1.29 is 22.8 Å². The third-order valence-electron chi connectivity index (χ3n) is 4.32. The van der Waals surface area contributed by atoms with Crippen LogP contribution in [0.3, 0.4) is 0 Å². The van der Waals surface area contributed by atoms with E-state index in [-0.39, 0.29) is 17.4 Å². The second kappa shape index (κ2) is 6.90.